The lowest BCUT2D eigenvalue weighted by Gasteiger charge is -2.18. The van der Waals surface area contributed by atoms with Crippen LogP contribution in [0.4, 0.5) is 0 Å². The van der Waals surface area contributed by atoms with Gasteiger partial charge in [-0.3, -0.25) is 9.78 Å². The van der Waals surface area contributed by atoms with Gasteiger partial charge in [-0.05, 0) is 54.2 Å². The van der Waals surface area contributed by atoms with Crippen LogP contribution in [0.3, 0.4) is 0 Å². The summed E-state index contributed by atoms with van der Waals surface area (Å²) >= 11 is 0. The topological polar surface area (TPSA) is 91.2 Å². The first-order valence-electron chi connectivity index (χ1n) is 9.52. The molecule has 1 heterocycles. The highest BCUT2D eigenvalue weighted by Crippen LogP contribution is 2.36. The lowest BCUT2D eigenvalue weighted by atomic mass is 9.91. The number of amides is 1. The van der Waals surface area contributed by atoms with E-state index in [1.165, 1.54) is 5.56 Å². The summed E-state index contributed by atoms with van der Waals surface area (Å²) in [7, 11) is 0. The van der Waals surface area contributed by atoms with Gasteiger partial charge >= 0.3 is 0 Å². The molecule has 0 radical (unpaired) electrons. The second kappa shape index (κ2) is 8.40. The molecule has 5 nitrogen and oxygen atoms in total. The van der Waals surface area contributed by atoms with Crippen LogP contribution >= 0.6 is 0 Å². The van der Waals surface area contributed by atoms with Crippen molar-refractivity contribution in [3.63, 3.8) is 0 Å². The van der Waals surface area contributed by atoms with Crippen molar-refractivity contribution >= 4 is 16.8 Å². The molecule has 0 aliphatic heterocycles. The molecule has 0 unspecified atom stereocenters. The van der Waals surface area contributed by atoms with Gasteiger partial charge in [0.15, 0.2) is 6.61 Å². The number of nitrogens with zero attached hydrogens (tertiary/aromatic N) is 1. The molecule has 1 aromatic heterocycles. The number of carbonyl (C=O) groups is 1. The Hall–Kier alpha value is -2.92. The maximum Gasteiger partial charge on any atom is 0.255 e. The largest absolute Gasteiger partial charge is 0.484 e. The van der Waals surface area contributed by atoms with Crippen molar-refractivity contribution in [2.24, 2.45) is 17.4 Å². The first-order valence-corrected chi connectivity index (χ1v) is 9.52. The molecule has 0 fully saturated rings. The first-order chi connectivity index (χ1) is 13.4. The van der Waals surface area contributed by atoms with Crippen LogP contribution in [0.2, 0.25) is 0 Å². The summed E-state index contributed by atoms with van der Waals surface area (Å²) in [5.41, 5.74) is 17.7. The van der Waals surface area contributed by atoms with E-state index in [1.54, 1.807) is 0 Å². The number of primary amides is 1. The highest BCUT2D eigenvalue weighted by atomic mass is 16.5. The molecule has 3 aromatic rings. The zero-order valence-corrected chi connectivity index (χ0v) is 16.7. The number of aromatic nitrogens is 1. The second-order valence-corrected chi connectivity index (χ2v) is 7.52. The maximum absolute atomic E-state index is 11.1. The highest BCUT2D eigenvalue weighted by Gasteiger charge is 2.17. The third-order valence-corrected chi connectivity index (χ3v) is 4.64. The summed E-state index contributed by atoms with van der Waals surface area (Å²) in [5.74, 6) is 0.549. The van der Waals surface area contributed by atoms with Gasteiger partial charge in [0.2, 0.25) is 0 Å². The summed E-state index contributed by atoms with van der Waals surface area (Å²) in [4.78, 5) is 16.0. The van der Waals surface area contributed by atoms with E-state index in [4.69, 9.17) is 21.2 Å². The Morgan fingerprint density at radius 1 is 1.18 bits per heavy atom. The van der Waals surface area contributed by atoms with Crippen LogP contribution in [0, 0.1) is 12.8 Å². The van der Waals surface area contributed by atoms with Gasteiger partial charge in [0, 0.05) is 17.6 Å². The van der Waals surface area contributed by atoms with Crippen molar-refractivity contribution in [1.29, 1.82) is 0 Å². The number of benzene rings is 2. The standard InChI is InChI=1S/C23H27N3O2/c1-14(2)9-21-19(12-24)23(16-6-4-5-15(3)10-16)18-11-17(28-13-22(25)27)7-8-20(18)26-21/h4-8,10-11,14H,9,12-13,24H2,1-3H3,(H2,25,27). The number of hydrogen-bond donors (Lipinski definition) is 2. The Morgan fingerprint density at radius 3 is 2.61 bits per heavy atom. The van der Waals surface area contributed by atoms with Crippen molar-refractivity contribution in [2.75, 3.05) is 6.61 Å². The maximum atomic E-state index is 11.1. The minimum atomic E-state index is -0.507. The van der Waals surface area contributed by atoms with E-state index in [1.807, 2.05) is 24.3 Å². The van der Waals surface area contributed by atoms with Gasteiger partial charge in [-0.15, -0.1) is 0 Å². The number of nitrogens with two attached hydrogens (primary N) is 2. The van der Waals surface area contributed by atoms with Gasteiger partial charge in [-0.1, -0.05) is 43.7 Å². The lowest BCUT2D eigenvalue weighted by Crippen LogP contribution is -2.20. The van der Waals surface area contributed by atoms with Gasteiger partial charge < -0.3 is 16.2 Å². The van der Waals surface area contributed by atoms with E-state index < -0.39 is 5.91 Å². The van der Waals surface area contributed by atoms with Gasteiger partial charge in [-0.2, -0.15) is 0 Å². The van der Waals surface area contributed by atoms with Gasteiger partial charge in [-0.25, -0.2) is 0 Å². The molecule has 5 heteroatoms. The molecule has 146 valence electrons. The normalized spacial score (nSPS) is 11.2. The van der Waals surface area contributed by atoms with Crippen LogP contribution in [0.15, 0.2) is 42.5 Å². The van der Waals surface area contributed by atoms with Crippen LogP contribution in [-0.2, 0) is 17.8 Å². The lowest BCUT2D eigenvalue weighted by molar-refractivity contribution is -0.119. The molecule has 0 aliphatic rings. The summed E-state index contributed by atoms with van der Waals surface area (Å²) < 4.78 is 5.52. The zero-order chi connectivity index (χ0) is 20.3. The van der Waals surface area contributed by atoms with E-state index in [0.717, 1.165) is 39.7 Å². The van der Waals surface area contributed by atoms with Crippen molar-refractivity contribution < 1.29 is 9.53 Å². The van der Waals surface area contributed by atoms with E-state index in [2.05, 4.69) is 39.0 Å². The summed E-state index contributed by atoms with van der Waals surface area (Å²) in [6, 6.07) is 14.0. The molecule has 2 aromatic carbocycles. The van der Waals surface area contributed by atoms with Crippen LogP contribution in [0.1, 0.15) is 30.7 Å². The number of pyridine rings is 1. The number of ether oxygens (including phenoxy) is 1. The Kier molecular flexibility index (Phi) is 5.95. The second-order valence-electron chi connectivity index (χ2n) is 7.52. The van der Waals surface area contributed by atoms with Crippen LogP contribution in [0.5, 0.6) is 5.75 Å². The monoisotopic (exact) mass is 377 g/mol. The molecule has 0 saturated carbocycles. The molecule has 0 spiro atoms. The molecular weight excluding hydrogens is 350 g/mol. The van der Waals surface area contributed by atoms with Crippen LogP contribution < -0.4 is 16.2 Å². The molecule has 0 aliphatic carbocycles. The summed E-state index contributed by atoms with van der Waals surface area (Å²) in [5, 5.41) is 0.959. The summed E-state index contributed by atoms with van der Waals surface area (Å²) in [6.07, 6.45) is 0.862. The third kappa shape index (κ3) is 4.31. The van der Waals surface area contributed by atoms with E-state index >= 15 is 0 Å². The molecular formula is C23H27N3O2. The molecule has 0 saturated heterocycles. The Labute approximate surface area is 165 Å². The third-order valence-electron chi connectivity index (χ3n) is 4.64. The fourth-order valence-corrected chi connectivity index (χ4v) is 3.48. The van der Waals surface area contributed by atoms with Gasteiger partial charge in [0.1, 0.15) is 5.75 Å². The number of aryl methyl sites for hydroxylation is 1. The minimum Gasteiger partial charge on any atom is -0.484 e. The Morgan fingerprint density at radius 2 is 1.96 bits per heavy atom. The number of fused-ring (bicyclic) bond motifs is 1. The van der Waals surface area contributed by atoms with E-state index in [9.17, 15) is 4.79 Å². The molecule has 0 atom stereocenters. The Balaban J connectivity index is 2.28. The van der Waals surface area contributed by atoms with E-state index in [0.29, 0.717) is 18.2 Å². The fourth-order valence-electron chi connectivity index (χ4n) is 3.48. The average Bonchev–Trinajstić information content (AvgIpc) is 2.64. The zero-order valence-electron chi connectivity index (χ0n) is 16.7. The van der Waals surface area contributed by atoms with Crippen LogP contribution in [0.25, 0.3) is 22.0 Å². The van der Waals surface area contributed by atoms with Crippen molar-refractivity contribution in [3.8, 4) is 16.9 Å². The number of rotatable bonds is 7. The van der Waals surface area contributed by atoms with Crippen molar-refractivity contribution in [1.82, 2.24) is 4.98 Å². The van der Waals surface area contributed by atoms with E-state index in [-0.39, 0.29) is 6.61 Å². The predicted molar refractivity (Wildman–Crippen MR) is 113 cm³/mol. The SMILES string of the molecule is Cc1cccc(-c2c(CN)c(CC(C)C)nc3ccc(OCC(N)=O)cc23)c1. The van der Waals surface area contributed by atoms with Gasteiger partial charge in [0.25, 0.3) is 5.91 Å². The molecule has 3 rings (SSSR count). The smallest absolute Gasteiger partial charge is 0.255 e. The number of hydrogen-bond acceptors (Lipinski definition) is 4. The molecule has 28 heavy (non-hydrogen) atoms. The molecule has 4 N–H and O–H groups in total. The fraction of sp³-hybridized carbons (Fsp3) is 0.304. The highest BCUT2D eigenvalue weighted by molar-refractivity contribution is 5.97. The summed E-state index contributed by atoms with van der Waals surface area (Å²) in [6.45, 7) is 6.68. The predicted octanol–water partition coefficient (Wildman–Crippen LogP) is 3.73. The Bertz CT molecular complexity index is 1010. The molecule has 0 bridgehead atoms. The quantitative estimate of drug-likeness (QED) is 0.656. The average molecular weight is 377 g/mol. The van der Waals surface area contributed by atoms with Crippen LogP contribution in [-0.4, -0.2) is 17.5 Å². The van der Waals surface area contributed by atoms with Gasteiger partial charge in [0.05, 0.1) is 5.52 Å². The first kappa shape index (κ1) is 19.8. The molecule has 1 amide bonds. The number of carbonyl (C=O) groups excluding carboxylic acids is 1. The minimum absolute atomic E-state index is 0.159. The van der Waals surface area contributed by atoms with Crippen molar-refractivity contribution in [2.45, 2.75) is 33.7 Å². The van der Waals surface area contributed by atoms with Crippen molar-refractivity contribution in [3.05, 3.63) is 59.3 Å².